The molecule has 0 saturated carbocycles. The predicted octanol–water partition coefficient (Wildman–Crippen LogP) is 0.304. The predicted molar refractivity (Wildman–Crippen MR) is 65.1 cm³/mol. The molecule has 0 saturated heterocycles. The maximum absolute atomic E-state index is 11.0. The molecule has 2 N–H and O–H groups in total. The van der Waals surface area contributed by atoms with Gasteiger partial charge in [-0.1, -0.05) is 11.8 Å². The number of hydrogen-bond acceptors (Lipinski definition) is 3. The standard InChI is InChI=1S/C12H15N3O3/c1-8-10(6-4-5-7-13-9(2)16)11(12(17)18)15(3)14-8/h5,7H2,1-3H3,(H,13,16)(H,17,18). The van der Waals surface area contributed by atoms with E-state index in [-0.39, 0.29) is 11.6 Å². The highest BCUT2D eigenvalue weighted by atomic mass is 16.4. The first-order chi connectivity index (χ1) is 8.43. The van der Waals surface area contributed by atoms with Crippen molar-refractivity contribution in [2.75, 3.05) is 6.54 Å². The van der Waals surface area contributed by atoms with Crippen molar-refractivity contribution in [2.24, 2.45) is 7.05 Å². The van der Waals surface area contributed by atoms with Crippen LogP contribution >= 0.6 is 0 Å². The number of amides is 1. The summed E-state index contributed by atoms with van der Waals surface area (Å²) in [6.45, 7) is 3.59. The van der Waals surface area contributed by atoms with E-state index in [2.05, 4.69) is 22.3 Å². The third-order valence-corrected chi connectivity index (χ3v) is 2.26. The first-order valence-electron chi connectivity index (χ1n) is 5.43. The smallest absolute Gasteiger partial charge is 0.355 e. The molecule has 1 aromatic heterocycles. The van der Waals surface area contributed by atoms with Crippen LogP contribution in [-0.2, 0) is 11.8 Å². The van der Waals surface area contributed by atoms with E-state index in [0.29, 0.717) is 24.2 Å². The number of carbonyl (C=O) groups is 2. The molecule has 1 heterocycles. The number of rotatable bonds is 3. The third kappa shape index (κ3) is 3.35. The molecule has 1 amide bonds. The summed E-state index contributed by atoms with van der Waals surface area (Å²) >= 11 is 0. The van der Waals surface area contributed by atoms with Gasteiger partial charge < -0.3 is 10.4 Å². The van der Waals surface area contributed by atoms with Gasteiger partial charge in [-0.25, -0.2) is 4.79 Å². The maximum Gasteiger partial charge on any atom is 0.355 e. The highest BCUT2D eigenvalue weighted by molar-refractivity contribution is 5.89. The summed E-state index contributed by atoms with van der Waals surface area (Å²) < 4.78 is 1.30. The van der Waals surface area contributed by atoms with Crippen LogP contribution in [0, 0.1) is 18.8 Å². The van der Waals surface area contributed by atoms with E-state index in [1.54, 1.807) is 14.0 Å². The minimum atomic E-state index is -1.05. The molecule has 0 radical (unpaired) electrons. The number of carboxylic acids is 1. The quantitative estimate of drug-likeness (QED) is 0.596. The lowest BCUT2D eigenvalue weighted by Crippen LogP contribution is -2.20. The van der Waals surface area contributed by atoms with E-state index < -0.39 is 5.97 Å². The zero-order valence-electron chi connectivity index (χ0n) is 10.6. The second-order valence-electron chi connectivity index (χ2n) is 3.77. The Morgan fingerprint density at radius 3 is 2.72 bits per heavy atom. The second kappa shape index (κ2) is 5.87. The molecular formula is C12H15N3O3. The minimum absolute atomic E-state index is 0.0829. The van der Waals surface area contributed by atoms with Crippen LogP contribution in [0.15, 0.2) is 0 Å². The number of carboxylic acid groups (broad SMARTS) is 1. The fourth-order valence-corrected chi connectivity index (χ4v) is 1.51. The third-order valence-electron chi connectivity index (χ3n) is 2.26. The van der Waals surface area contributed by atoms with Gasteiger partial charge in [0.05, 0.1) is 11.3 Å². The van der Waals surface area contributed by atoms with E-state index in [1.165, 1.54) is 11.6 Å². The van der Waals surface area contributed by atoms with E-state index in [9.17, 15) is 9.59 Å². The summed E-state index contributed by atoms with van der Waals surface area (Å²) in [5.41, 5.74) is 1.09. The molecule has 0 spiro atoms. The average molecular weight is 249 g/mol. The molecular weight excluding hydrogens is 234 g/mol. The van der Waals surface area contributed by atoms with Crippen molar-refractivity contribution in [2.45, 2.75) is 20.3 Å². The Bertz CT molecular complexity index is 535. The summed E-state index contributed by atoms with van der Waals surface area (Å²) in [5.74, 6) is 4.45. The zero-order chi connectivity index (χ0) is 13.7. The molecule has 0 atom stereocenters. The highest BCUT2D eigenvalue weighted by Gasteiger charge is 2.17. The van der Waals surface area contributed by atoms with Crippen LogP contribution in [0.1, 0.15) is 35.1 Å². The monoisotopic (exact) mass is 249 g/mol. The van der Waals surface area contributed by atoms with Crippen molar-refractivity contribution in [3.63, 3.8) is 0 Å². The number of aromatic nitrogens is 2. The van der Waals surface area contributed by atoms with E-state index >= 15 is 0 Å². The van der Waals surface area contributed by atoms with Crippen LogP contribution in [0.4, 0.5) is 0 Å². The van der Waals surface area contributed by atoms with Gasteiger partial charge in [0.25, 0.3) is 0 Å². The van der Waals surface area contributed by atoms with Crippen LogP contribution < -0.4 is 5.32 Å². The first-order valence-corrected chi connectivity index (χ1v) is 5.43. The van der Waals surface area contributed by atoms with Crippen molar-refractivity contribution < 1.29 is 14.7 Å². The molecule has 1 rings (SSSR count). The summed E-state index contributed by atoms with van der Waals surface area (Å²) in [6, 6.07) is 0. The number of aryl methyl sites for hydroxylation is 2. The van der Waals surface area contributed by atoms with Gasteiger partial charge in [-0.05, 0) is 6.92 Å². The fraction of sp³-hybridized carbons (Fsp3) is 0.417. The summed E-state index contributed by atoms with van der Waals surface area (Å²) in [6.07, 6.45) is 0.465. The molecule has 6 nitrogen and oxygen atoms in total. The maximum atomic E-state index is 11.0. The number of nitrogens with zero attached hydrogens (tertiary/aromatic N) is 2. The Hall–Kier alpha value is -2.29. The topological polar surface area (TPSA) is 84.2 Å². The molecule has 0 bridgehead atoms. The SMILES string of the molecule is CC(=O)NCCC#Cc1c(C)nn(C)c1C(=O)O. The van der Waals surface area contributed by atoms with Gasteiger partial charge in [0, 0.05) is 26.9 Å². The molecule has 0 unspecified atom stereocenters. The van der Waals surface area contributed by atoms with Crippen LogP contribution in [0.3, 0.4) is 0 Å². The Kier molecular flexibility index (Phi) is 4.49. The normalized spacial score (nSPS) is 9.50. The number of aromatic carboxylic acids is 1. The van der Waals surface area contributed by atoms with E-state index in [1.807, 2.05) is 0 Å². The van der Waals surface area contributed by atoms with Crippen LogP contribution in [0.5, 0.6) is 0 Å². The molecule has 96 valence electrons. The van der Waals surface area contributed by atoms with Crippen LogP contribution in [0.2, 0.25) is 0 Å². The van der Waals surface area contributed by atoms with Gasteiger partial charge in [0.2, 0.25) is 5.91 Å². The second-order valence-corrected chi connectivity index (χ2v) is 3.77. The summed E-state index contributed by atoms with van der Waals surface area (Å²) in [5, 5.41) is 15.7. The van der Waals surface area contributed by atoms with Crippen LogP contribution in [0.25, 0.3) is 0 Å². The van der Waals surface area contributed by atoms with Gasteiger partial charge in [-0.2, -0.15) is 5.10 Å². The van der Waals surface area contributed by atoms with Crippen LogP contribution in [-0.4, -0.2) is 33.3 Å². The van der Waals surface area contributed by atoms with Crippen molar-refractivity contribution in [3.05, 3.63) is 17.0 Å². The lowest BCUT2D eigenvalue weighted by atomic mass is 10.2. The van der Waals surface area contributed by atoms with E-state index in [0.717, 1.165) is 0 Å². The van der Waals surface area contributed by atoms with Gasteiger partial charge >= 0.3 is 5.97 Å². The molecule has 1 aromatic rings. The van der Waals surface area contributed by atoms with Gasteiger partial charge in [0.1, 0.15) is 0 Å². The largest absolute Gasteiger partial charge is 0.476 e. The Labute approximate surface area is 105 Å². The summed E-state index contributed by atoms with van der Waals surface area (Å²) in [4.78, 5) is 21.7. The molecule has 18 heavy (non-hydrogen) atoms. The Balaban J connectivity index is 2.81. The lowest BCUT2D eigenvalue weighted by Gasteiger charge is -1.96. The fourth-order valence-electron chi connectivity index (χ4n) is 1.51. The average Bonchev–Trinajstić information content (AvgIpc) is 2.52. The van der Waals surface area contributed by atoms with Crippen molar-refractivity contribution in [1.29, 1.82) is 0 Å². The van der Waals surface area contributed by atoms with Crippen molar-refractivity contribution >= 4 is 11.9 Å². The number of nitrogens with one attached hydrogen (secondary N) is 1. The van der Waals surface area contributed by atoms with Gasteiger partial charge in [-0.3, -0.25) is 9.48 Å². The molecule has 0 fully saturated rings. The minimum Gasteiger partial charge on any atom is -0.476 e. The van der Waals surface area contributed by atoms with Gasteiger partial charge in [-0.15, -0.1) is 0 Å². The molecule has 0 aromatic carbocycles. The lowest BCUT2D eigenvalue weighted by molar-refractivity contribution is -0.118. The Morgan fingerprint density at radius 1 is 1.50 bits per heavy atom. The molecule has 6 heteroatoms. The van der Waals surface area contributed by atoms with Gasteiger partial charge in [0.15, 0.2) is 5.69 Å². The molecule has 0 aliphatic heterocycles. The van der Waals surface area contributed by atoms with Crippen molar-refractivity contribution in [1.82, 2.24) is 15.1 Å². The molecule has 0 aliphatic carbocycles. The number of carbonyl (C=O) groups excluding carboxylic acids is 1. The molecule has 0 aliphatic rings. The summed E-state index contributed by atoms with van der Waals surface area (Å²) in [7, 11) is 1.57. The Morgan fingerprint density at radius 2 is 2.17 bits per heavy atom. The van der Waals surface area contributed by atoms with Crippen molar-refractivity contribution in [3.8, 4) is 11.8 Å². The number of hydrogen-bond donors (Lipinski definition) is 2. The first kappa shape index (κ1) is 13.8. The highest BCUT2D eigenvalue weighted by Crippen LogP contribution is 2.11. The zero-order valence-corrected chi connectivity index (χ0v) is 10.6. The van der Waals surface area contributed by atoms with E-state index in [4.69, 9.17) is 5.11 Å².